The van der Waals surface area contributed by atoms with E-state index in [1.165, 1.54) is 131 Å². The van der Waals surface area contributed by atoms with Gasteiger partial charge in [-0.1, -0.05) is 184 Å². The standard InChI is InChI=1S/C65H53BN2O/c1-2-3-19-41-34-35-57(49(36-41)43-22-8-5-9-23-43)67-59-40-62-50(47-26-12-17-33-61(47)69-62)39-56(59)66-63-51(37-44(38-60(63)67)42-20-6-4-7-21-42)48-27-18-31-55-64(48)68(66)58-32-16-15-30-54(58)65(55)52-28-13-10-24-45(52)46-25-11-14-29-53(46)65/h5-6,8-16,18,20-32,34-35,38-41,44H,2-4,7,17,19,33,36-37H2,1H3. The Morgan fingerprint density at radius 2 is 1.43 bits per heavy atom. The summed E-state index contributed by atoms with van der Waals surface area (Å²) in [7, 11) is 0. The fraction of sp³-hybridized carbons (Fsp3) is 0.200. The van der Waals surface area contributed by atoms with Gasteiger partial charge in [-0.15, -0.1) is 0 Å². The third-order valence-corrected chi connectivity index (χ3v) is 17.0. The molecule has 1 aromatic heterocycles. The van der Waals surface area contributed by atoms with Crippen LogP contribution in [0.25, 0.3) is 39.3 Å². The van der Waals surface area contributed by atoms with Gasteiger partial charge < -0.3 is 14.1 Å². The van der Waals surface area contributed by atoms with Crippen molar-refractivity contribution >= 4 is 57.6 Å². The van der Waals surface area contributed by atoms with Gasteiger partial charge in [-0.05, 0) is 123 Å². The summed E-state index contributed by atoms with van der Waals surface area (Å²) < 4.78 is 6.97. The molecule has 1 spiro atoms. The topological polar surface area (TPSA) is 19.6 Å². The lowest BCUT2D eigenvalue weighted by molar-refractivity contribution is 0.546. The Hall–Kier alpha value is -7.30. The second kappa shape index (κ2) is 15.1. The van der Waals surface area contributed by atoms with Crippen LogP contribution in [-0.4, -0.2) is 6.85 Å². The highest BCUT2D eigenvalue weighted by Gasteiger charge is 2.57. The zero-order chi connectivity index (χ0) is 45.4. The van der Waals surface area contributed by atoms with Crippen LogP contribution in [-0.2, 0) is 11.8 Å². The first-order valence-electron chi connectivity index (χ1n) is 25.8. The van der Waals surface area contributed by atoms with E-state index in [2.05, 4.69) is 199 Å². The summed E-state index contributed by atoms with van der Waals surface area (Å²) in [4.78, 5) is 5.51. The lowest BCUT2D eigenvalue weighted by Gasteiger charge is -2.54. The molecule has 6 aromatic carbocycles. The monoisotopic (exact) mass is 888 g/mol. The van der Waals surface area contributed by atoms with Gasteiger partial charge in [-0.3, -0.25) is 0 Å². The van der Waals surface area contributed by atoms with E-state index in [0.29, 0.717) is 5.92 Å². The van der Waals surface area contributed by atoms with Crippen molar-refractivity contribution in [2.24, 2.45) is 11.8 Å². The number of fused-ring (bicyclic) bond motifs is 16. The molecule has 69 heavy (non-hydrogen) atoms. The number of aryl methyl sites for hydroxylation is 1. The second-order valence-electron chi connectivity index (χ2n) is 20.6. The van der Waals surface area contributed by atoms with E-state index in [0.717, 1.165) is 49.9 Å². The van der Waals surface area contributed by atoms with Crippen LogP contribution >= 0.6 is 0 Å². The van der Waals surface area contributed by atoms with Gasteiger partial charge in [0.2, 0.25) is 0 Å². The number of hydrogen-bond acceptors (Lipinski definition) is 3. The minimum absolute atomic E-state index is 0.0819. The highest BCUT2D eigenvalue weighted by atomic mass is 16.3. The molecule has 0 saturated carbocycles. The highest BCUT2D eigenvalue weighted by molar-refractivity contribution is 6.88. The molecule has 4 heteroatoms. The molecule has 5 aliphatic carbocycles. The normalized spacial score (nSPS) is 20.6. The fourth-order valence-electron chi connectivity index (χ4n) is 14.2. The predicted octanol–water partition coefficient (Wildman–Crippen LogP) is 15.6. The number of benzene rings is 6. The van der Waals surface area contributed by atoms with Crippen LogP contribution in [0.1, 0.15) is 103 Å². The van der Waals surface area contributed by atoms with E-state index in [-0.39, 0.29) is 12.8 Å². The maximum absolute atomic E-state index is 6.97. The van der Waals surface area contributed by atoms with Gasteiger partial charge in [0, 0.05) is 63.4 Å². The zero-order valence-electron chi connectivity index (χ0n) is 39.2. The van der Waals surface area contributed by atoms with Gasteiger partial charge in [0.1, 0.15) is 11.3 Å². The van der Waals surface area contributed by atoms with E-state index in [9.17, 15) is 0 Å². The Labute approximate surface area is 406 Å². The van der Waals surface area contributed by atoms with E-state index < -0.39 is 5.41 Å². The zero-order valence-corrected chi connectivity index (χ0v) is 39.2. The van der Waals surface area contributed by atoms with Gasteiger partial charge in [0.15, 0.2) is 0 Å². The molecular formula is C65H53BN2O. The SMILES string of the molecule is CCCCC1C=CC(N2C3=CC(C4=CCCC=C4)CC4=C3B(c3cc5c6c(oc5cc32)CCC=C6)N2c3ccccc3C3(c5ccccc5-c5ccccc53)c3cccc4c32)=C(c2ccccc2)C1. The van der Waals surface area contributed by atoms with Crippen molar-refractivity contribution in [2.75, 3.05) is 9.71 Å². The molecule has 2 unspecified atom stereocenters. The van der Waals surface area contributed by atoms with Crippen LogP contribution in [0.3, 0.4) is 0 Å². The molecule has 0 saturated heterocycles. The summed E-state index contributed by atoms with van der Waals surface area (Å²) in [5, 5.41) is 1.22. The van der Waals surface area contributed by atoms with Crippen LogP contribution in [0.4, 0.5) is 17.1 Å². The first kappa shape index (κ1) is 39.7. The Morgan fingerprint density at radius 3 is 2.25 bits per heavy atom. The molecule has 0 bridgehead atoms. The number of rotatable bonds is 6. The molecule has 4 heterocycles. The summed E-state index contributed by atoms with van der Waals surface area (Å²) in [6.45, 7) is 2.24. The third-order valence-electron chi connectivity index (χ3n) is 17.0. The third kappa shape index (κ3) is 5.46. The summed E-state index contributed by atoms with van der Waals surface area (Å²) >= 11 is 0. The van der Waals surface area contributed by atoms with Crippen LogP contribution in [0.15, 0.2) is 203 Å². The van der Waals surface area contributed by atoms with E-state index in [1.807, 2.05) is 0 Å². The van der Waals surface area contributed by atoms with E-state index >= 15 is 0 Å². The van der Waals surface area contributed by atoms with Crippen LogP contribution in [0.2, 0.25) is 0 Å². The number of para-hydroxylation sites is 2. The minimum Gasteiger partial charge on any atom is -0.460 e. The van der Waals surface area contributed by atoms with E-state index in [4.69, 9.17) is 4.42 Å². The maximum Gasteiger partial charge on any atom is 0.332 e. The lowest BCUT2D eigenvalue weighted by Crippen LogP contribution is -2.59. The molecule has 2 atom stereocenters. The number of furan rings is 1. The molecule has 0 fully saturated rings. The summed E-state index contributed by atoms with van der Waals surface area (Å²) in [5.41, 5.74) is 26.2. The molecule has 332 valence electrons. The maximum atomic E-state index is 6.97. The predicted molar refractivity (Wildman–Crippen MR) is 287 cm³/mol. The lowest BCUT2D eigenvalue weighted by atomic mass is 9.40. The van der Waals surface area contributed by atoms with Gasteiger partial charge in [-0.2, -0.15) is 0 Å². The molecule has 7 aromatic rings. The van der Waals surface area contributed by atoms with Crippen LogP contribution < -0.4 is 15.2 Å². The van der Waals surface area contributed by atoms with Crippen molar-refractivity contribution in [3.05, 3.63) is 243 Å². The van der Waals surface area contributed by atoms with Crippen LogP contribution in [0.5, 0.6) is 0 Å². The van der Waals surface area contributed by atoms with Crippen molar-refractivity contribution in [2.45, 2.75) is 70.1 Å². The fourth-order valence-corrected chi connectivity index (χ4v) is 14.2. The summed E-state index contributed by atoms with van der Waals surface area (Å²) in [5.74, 6) is 1.82. The number of anilines is 3. The Kier molecular flexibility index (Phi) is 8.68. The Bertz CT molecular complexity index is 3540. The Balaban J connectivity index is 1.07. The number of hydrogen-bond donors (Lipinski definition) is 0. The molecule has 3 aliphatic heterocycles. The molecule has 0 amide bonds. The highest BCUT2D eigenvalue weighted by Crippen LogP contribution is 2.66. The summed E-state index contributed by atoms with van der Waals surface area (Å²) in [6.07, 6.45) is 29.5. The molecular weight excluding hydrogens is 836 g/mol. The number of unbranched alkanes of at least 4 members (excludes halogenated alkanes) is 1. The molecule has 3 nitrogen and oxygen atoms in total. The summed E-state index contributed by atoms with van der Waals surface area (Å²) in [6, 6.07) is 51.5. The second-order valence-corrected chi connectivity index (χ2v) is 20.6. The van der Waals surface area contributed by atoms with Crippen molar-refractivity contribution in [1.82, 2.24) is 0 Å². The average molecular weight is 889 g/mol. The van der Waals surface area contributed by atoms with Crippen LogP contribution in [0, 0.1) is 11.8 Å². The largest absolute Gasteiger partial charge is 0.460 e. The molecule has 0 N–H and O–H groups in total. The van der Waals surface area contributed by atoms with Gasteiger partial charge in [0.05, 0.1) is 5.41 Å². The molecule has 0 radical (unpaired) electrons. The first-order valence-corrected chi connectivity index (χ1v) is 25.8. The Morgan fingerprint density at radius 1 is 0.681 bits per heavy atom. The van der Waals surface area contributed by atoms with Gasteiger partial charge in [0.25, 0.3) is 0 Å². The van der Waals surface area contributed by atoms with Crippen molar-refractivity contribution in [3.63, 3.8) is 0 Å². The minimum atomic E-state index is -0.483. The number of nitrogens with zero attached hydrogens (tertiary/aromatic N) is 2. The van der Waals surface area contributed by atoms with Crippen molar-refractivity contribution in [1.29, 1.82) is 0 Å². The number of allylic oxidation sites excluding steroid dienone is 11. The van der Waals surface area contributed by atoms with Gasteiger partial charge in [-0.25, -0.2) is 0 Å². The first-order chi connectivity index (χ1) is 34.2. The van der Waals surface area contributed by atoms with Gasteiger partial charge >= 0.3 is 6.85 Å². The molecule has 15 rings (SSSR count). The van der Waals surface area contributed by atoms with Crippen molar-refractivity contribution < 1.29 is 4.42 Å². The van der Waals surface area contributed by atoms with E-state index in [1.54, 1.807) is 0 Å². The van der Waals surface area contributed by atoms with Crippen molar-refractivity contribution in [3.8, 4) is 11.1 Å². The average Bonchev–Trinajstić information content (AvgIpc) is 3.93. The smallest absolute Gasteiger partial charge is 0.332 e. The molecule has 8 aliphatic rings. The quantitative estimate of drug-likeness (QED) is 0.155.